The number of nitrogens with one attached hydrogen (secondary N) is 1. The van der Waals surface area contributed by atoms with Gasteiger partial charge in [0.05, 0.1) is 4.92 Å². The number of carbonyl (C=O) groups excluding carboxylic acids is 1. The molecular formula is C23H25FN4O3. The largest absolute Gasteiger partial charge is 0.324 e. The number of fused-ring (bicyclic) bond motifs is 1. The quantitative estimate of drug-likeness (QED) is 0.585. The second kappa shape index (κ2) is 7.92. The van der Waals surface area contributed by atoms with E-state index in [9.17, 15) is 19.3 Å². The Bertz CT molecular complexity index is 994. The van der Waals surface area contributed by atoms with Crippen LogP contribution in [0.25, 0.3) is 11.1 Å². The monoisotopic (exact) mass is 424 g/mol. The number of nitro groups is 1. The number of hydrogen-bond acceptors (Lipinski definition) is 4. The predicted octanol–water partition coefficient (Wildman–Crippen LogP) is 4.35. The molecule has 7 nitrogen and oxygen atoms in total. The van der Waals surface area contributed by atoms with Gasteiger partial charge in [-0.1, -0.05) is 18.6 Å². The number of likely N-dealkylation sites (tertiary alicyclic amines) is 2. The van der Waals surface area contributed by atoms with Crippen LogP contribution in [0.2, 0.25) is 0 Å². The molecule has 162 valence electrons. The van der Waals surface area contributed by atoms with Crippen molar-refractivity contribution in [2.24, 2.45) is 11.8 Å². The van der Waals surface area contributed by atoms with Crippen LogP contribution in [0.3, 0.4) is 0 Å². The third-order valence-electron chi connectivity index (χ3n) is 7.01. The van der Waals surface area contributed by atoms with Gasteiger partial charge in [-0.3, -0.25) is 15.0 Å². The van der Waals surface area contributed by atoms with Gasteiger partial charge in [-0.25, -0.2) is 9.18 Å². The third kappa shape index (κ3) is 3.87. The highest BCUT2D eigenvalue weighted by atomic mass is 19.1. The third-order valence-corrected chi connectivity index (χ3v) is 7.01. The van der Waals surface area contributed by atoms with Crippen LogP contribution in [0.5, 0.6) is 0 Å². The fourth-order valence-corrected chi connectivity index (χ4v) is 5.06. The van der Waals surface area contributed by atoms with E-state index in [1.165, 1.54) is 37.5 Å². The highest BCUT2D eigenvalue weighted by Crippen LogP contribution is 2.37. The summed E-state index contributed by atoms with van der Waals surface area (Å²) >= 11 is 0. The number of anilines is 1. The number of nitrogens with zero attached hydrogens (tertiary/aromatic N) is 3. The zero-order chi connectivity index (χ0) is 21.5. The highest BCUT2D eigenvalue weighted by molar-refractivity contribution is 5.93. The summed E-state index contributed by atoms with van der Waals surface area (Å²) in [6.45, 7) is 3.45. The molecule has 0 radical (unpaired) electrons. The smallest absolute Gasteiger partial charge is 0.322 e. The minimum absolute atomic E-state index is 0.157. The number of halogens is 1. The lowest BCUT2D eigenvalue weighted by Crippen LogP contribution is -2.41. The van der Waals surface area contributed by atoms with Crippen molar-refractivity contribution in [1.29, 1.82) is 0 Å². The molecule has 2 unspecified atom stereocenters. The minimum Gasteiger partial charge on any atom is -0.324 e. The molecule has 2 heterocycles. The maximum Gasteiger partial charge on any atom is 0.322 e. The van der Waals surface area contributed by atoms with E-state index in [1.54, 1.807) is 29.2 Å². The first kappa shape index (κ1) is 19.9. The van der Waals surface area contributed by atoms with Crippen molar-refractivity contribution in [3.8, 4) is 11.1 Å². The molecule has 2 aliphatic heterocycles. The van der Waals surface area contributed by atoms with Crippen molar-refractivity contribution in [3.63, 3.8) is 0 Å². The van der Waals surface area contributed by atoms with Crippen molar-refractivity contribution < 1.29 is 14.1 Å². The Hall–Kier alpha value is -3.00. The van der Waals surface area contributed by atoms with E-state index in [1.807, 2.05) is 0 Å². The van der Waals surface area contributed by atoms with Gasteiger partial charge in [0.2, 0.25) is 0 Å². The number of urea groups is 1. The summed E-state index contributed by atoms with van der Waals surface area (Å²) in [7, 11) is 0. The summed E-state index contributed by atoms with van der Waals surface area (Å²) < 4.78 is 13.2. The molecule has 2 amide bonds. The van der Waals surface area contributed by atoms with E-state index < -0.39 is 4.92 Å². The molecule has 5 rings (SSSR count). The van der Waals surface area contributed by atoms with Gasteiger partial charge in [0.25, 0.3) is 5.69 Å². The Labute approximate surface area is 180 Å². The molecule has 1 N–H and O–H groups in total. The normalized spacial score (nSPS) is 23.5. The lowest BCUT2D eigenvalue weighted by atomic mass is 9.92. The summed E-state index contributed by atoms with van der Waals surface area (Å²) in [5.74, 6) is 0.605. The van der Waals surface area contributed by atoms with E-state index in [4.69, 9.17) is 0 Å². The topological polar surface area (TPSA) is 78.7 Å². The number of carbonyl (C=O) groups is 1. The summed E-state index contributed by atoms with van der Waals surface area (Å²) in [5, 5.41) is 14.3. The summed E-state index contributed by atoms with van der Waals surface area (Å²) in [5.41, 5.74) is 1.40. The average Bonchev–Trinajstić information content (AvgIpc) is 3.26. The van der Waals surface area contributed by atoms with Crippen LogP contribution < -0.4 is 5.32 Å². The maximum atomic E-state index is 13.2. The van der Waals surface area contributed by atoms with Gasteiger partial charge in [0, 0.05) is 38.3 Å². The molecule has 0 aromatic heterocycles. The Kier molecular flexibility index (Phi) is 5.09. The molecule has 0 spiro atoms. The van der Waals surface area contributed by atoms with Gasteiger partial charge in [-0.15, -0.1) is 0 Å². The lowest BCUT2D eigenvalue weighted by molar-refractivity contribution is -0.383. The van der Waals surface area contributed by atoms with E-state index in [2.05, 4.69) is 10.2 Å². The predicted molar refractivity (Wildman–Crippen MR) is 115 cm³/mol. The number of amides is 2. The van der Waals surface area contributed by atoms with Crippen molar-refractivity contribution >= 4 is 17.4 Å². The molecule has 2 atom stereocenters. The SMILES string of the molecule is O=C(Nc1cc(-c2ccc(F)cc2)ccc1[N+](=O)[O-])N1CC2CN(C3CCC3)CC2C1. The Morgan fingerprint density at radius 2 is 1.65 bits per heavy atom. The van der Waals surface area contributed by atoms with E-state index in [-0.39, 0.29) is 23.2 Å². The Morgan fingerprint density at radius 3 is 2.23 bits per heavy atom. The zero-order valence-corrected chi connectivity index (χ0v) is 17.2. The molecule has 2 aromatic rings. The van der Waals surface area contributed by atoms with Crippen LogP contribution in [0.15, 0.2) is 42.5 Å². The van der Waals surface area contributed by atoms with Crippen molar-refractivity contribution in [2.75, 3.05) is 31.5 Å². The van der Waals surface area contributed by atoms with Gasteiger partial charge in [-0.2, -0.15) is 0 Å². The lowest BCUT2D eigenvalue weighted by Gasteiger charge is -2.35. The standard InChI is InChI=1S/C23H25FN4O3/c24-19-7-4-15(5-8-19)16-6-9-22(28(30)31)21(10-16)25-23(29)27-13-17-11-26(12-18(17)14-27)20-2-1-3-20/h4-10,17-18,20H,1-3,11-14H2,(H,25,29). The van der Waals surface area contributed by atoms with Gasteiger partial charge in [0.15, 0.2) is 0 Å². The van der Waals surface area contributed by atoms with Crippen LogP contribution in [0.1, 0.15) is 19.3 Å². The Morgan fingerprint density at radius 1 is 1.00 bits per heavy atom. The van der Waals surface area contributed by atoms with Gasteiger partial charge in [-0.05, 0) is 60.1 Å². The van der Waals surface area contributed by atoms with Crippen molar-refractivity contribution in [2.45, 2.75) is 25.3 Å². The molecule has 1 aliphatic carbocycles. The van der Waals surface area contributed by atoms with Gasteiger partial charge in [0.1, 0.15) is 11.5 Å². The van der Waals surface area contributed by atoms with Crippen molar-refractivity contribution in [3.05, 3.63) is 58.4 Å². The van der Waals surface area contributed by atoms with E-state index in [0.29, 0.717) is 30.5 Å². The molecule has 1 saturated carbocycles. The second-order valence-corrected chi connectivity index (χ2v) is 8.89. The molecule has 8 heteroatoms. The number of hydrogen-bond donors (Lipinski definition) is 1. The first-order chi connectivity index (χ1) is 15.0. The van der Waals surface area contributed by atoms with Gasteiger partial charge >= 0.3 is 6.03 Å². The van der Waals surface area contributed by atoms with Crippen LogP contribution in [-0.4, -0.2) is 53.0 Å². The first-order valence-corrected chi connectivity index (χ1v) is 10.8. The van der Waals surface area contributed by atoms with Crippen LogP contribution in [0.4, 0.5) is 20.6 Å². The zero-order valence-electron chi connectivity index (χ0n) is 17.2. The van der Waals surface area contributed by atoms with Crippen LogP contribution in [0, 0.1) is 27.8 Å². The molecule has 3 fully saturated rings. The minimum atomic E-state index is -0.501. The van der Waals surface area contributed by atoms with E-state index in [0.717, 1.165) is 24.7 Å². The number of rotatable bonds is 4. The fourth-order valence-electron chi connectivity index (χ4n) is 5.06. The number of nitro benzene ring substituents is 1. The van der Waals surface area contributed by atoms with Crippen LogP contribution in [-0.2, 0) is 0 Å². The molecule has 0 bridgehead atoms. The molecule has 2 saturated heterocycles. The molecule has 3 aliphatic rings. The van der Waals surface area contributed by atoms with Crippen LogP contribution >= 0.6 is 0 Å². The van der Waals surface area contributed by atoms with Gasteiger partial charge < -0.3 is 10.2 Å². The number of benzene rings is 2. The average molecular weight is 424 g/mol. The maximum absolute atomic E-state index is 13.2. The highest BCUT2D eigenvalue weighted by Gasteiger charge is 2.44. The summed E-state index contributed by atoms with van der Waals surface area (Å²) in [6, 6.07) is 10.9. The molecule has 31 heavy (non-hydrogen) atoms. The summed E-state index contributed by atoms with van der Waals surface area (Å²) in [6.07, 6.45) is 3.90. The molecule has 2 aromatic carbocycles. The molecular weight excluding hydrogens is 399 g/mol. The van der Waals surface area contributed by atoms with E-state index >= 15 is 0 Å². The Balaban J connectivity index is 1.30. The fraction of sp³-hybridized carbons (Fsp3) is 0.435. The first-order valence-electron chi connectivity index (χ1n) is 10.8. The second-order valence-electron chi connectivity index (χ2n) is 8.89. The van der Waals surface area contributed by atoms with Crippen molar-refractivity contribution in [1.82, 2.24) is 9.80 Å². The summed E-state index contributed by atoms with van der Waals surface area (Å²) in [4.78, 5) is 28.3.